The van der Waals surface area contributed by atoms with Gasteiger partial charge < -0.3 is 9.73 Å². The Morgan fingerprint density at radius 3 is 2.88 bits per heavy atom. The molecule has 8 heteroatoms. The third kappa shape index (κ3) is 3.43. The quantitative estimate of drug-likeness (QED) is 0.577. The number of aromatic nitrogens is 5. The molecule has 0 aliphatic carbocycles. The first-order valence-electron chi connectivity index (χ1n) is 7.97. The van der Waals surface area contributed by atoms with E-state index in [0.717, 1.165) is 22.5 Å². The number of hydrogen-bond acceptors (Lipinski definition) is 6. The van der Waals surface area contributed by atoms with Gasteiger partial charge in [0.05, 0.1) is 18.4 Å². The molecule has 1 N–H and O–H groups in total. The molecule has 0 radical (unpaired) electrons. The molecule has 26 heavy (non-hydrogen) atoms. The Labute approximate surface area is 154 Å². The van der Waals surface area contributed by atoms with Crippen molar-refractivity contribution < 1.29 is 4.42 Å². The van der Waals surface area contributed by atoms with Crippen LogP contribution in [0.1, 0.15) is 11.5 Å². The maximum atomic E-state index is 6.02. The summed E-state index contributed by atoms with van der Waals surface area (Å²) in [5, 5.41) is 15.2. The van der Waals surface area contributed by atoms with Gasteiger partial charge in [-0.1, -0.05) is 23.7 Å². The Hall–Kier alpha value is -3.19. The van der Waals surface area contributed by atoms with Gasteiger partial charge in [-0.15, -0.1) is 5.10 Å². The fourth-order valence-electron chi connectivity index (χ4n) is 2.64. The van der Waals surface area contributed by atoms with Gasteiger partial charge in [0.15, 0.2) is 5.76 Å². The van der Waals surface area contributed by atoms with Crippen LogP contribution in [0.15, 0.2) is 59.4 Å². The van der Waals surface area contributed by atoms with E-state index in [1.807, 2.05) is 49.4 Å². The summed E-state index contributed by atoms with van der Waals surface area (Å²) in [4.78, 5) is 4.32. The van der Waals surface area contributed by atoms with Crippen molar-refractivity contribution in [2.45, 2.75) is 13.5 Å². The molecule has 4 rings (SSSR count). The average Bonchev–Trinajstić information content (AvgIpc) is 3.32. The molecule has 2 heterocycles. The summed E-state index contributed by atoms with van der Waals surface area (Å²) in [5.41, 5.74) is 3.84. The Bertz CT molecular complexity index is 1030. The smallest absolute Gasteiger partial charge is 0.214 e. The molecule has 0 amide bonds. The van der Waals surface area contributed by atoms with E-state index in [1.54, 1.807) is 17.2 Å². The summed E-state index contributed by atoms with van der Waals surface area (Å²) in [7, 11) is 0. The van der Waals surface area contributed by atoms with E-state index in [1.165, 1.54) is 0 Å². The molecule has 0 aliphatic heterocycles. The van der Waals surface area contributed by atoms with Crippen molar-refractivity contribution in [2.24, 2.45) is 0 Å². The van der Waals surface area contributed by atoms with Crippen molar-refractivity contribution in [1.29, 1.82) is 0 Å². The molecule has 4 aromatic rings. The van der Waals surface area contributed by atoms with Crippen LogP contribution in [-0.2, 0) is 6.54 Å². The Morgan fingerprint density at radius 1 is 1.19 bits per heavy atom. The Morgan fingerprint density at radius 2 is 2.12 bits per heavy atom. The van der Waals surface area contributed by atoms with Gasteiger partial charge in [0, 0.05) is 16.3 Å². The summed E-state index contributed by atoms with van der Waals surface area (Å²) < 4.78 is 7.43. The van der Waals surface area contributed by atoms with Crippen molar-refractivity contribution in [3.8, 4) is 17.0 Å². The molecule has 0 aliphatic rings. The van der Waals surface area contributed by atoms with Gasteiger partial charge in [0.1, 0.15) is 6.33 Å². The van der Waals surface area contributed by atoms with Gasteiger partial charge in [-0.05, 0) is 53.2 Å². The molecule has 0 unspecified atom stereocenters. The number of oxazole rings is 1. The fraction of sp³-hybridized carbons (Fsp3) is 0.111. The van der Waals surface area contributed by atoms with Gasteiger partial charge in [-0.25, -0.2) is 9.67 Å². The molecule has 0 saturated heterocycles. The van der Waals surface area contributed by atoms with Gasteiger partial charge in [0.25, 0.3) is 0 Å². The van der Waals surface area contributed by atoms with E-state index in [2.05, 4.69) is 25.8 Å². The SMILES string of the molecule is Cc1cc(NCc2ncc(-c3cccc(Cl)c3)o2)ccc1-n1cnnn1. The second kappa shape index (κ2) is 6.97. The predicted octanol–water partition coefficient (Wildman–Crippen LogP) is 3.89. The van der Waals surface area contributed by atoms with Gasteiger partial charge in [-0.3, -0.25) is 0 Å². The molecule has 2 aromatic heterocycles. The topological polar surface area (TPSA) is 81.7 Å². The number of halogens is 1. The first kappa shape index (κ1) is 16.3. The molecule has 0 spiro atoms. The highest BCUT2D eigenvalue weighted by molar-refractivity contribution is 6.30. The Balaban J connectivity index is 1.45. The van der Waals surface area contributed by atoms with Crippen molar-refractivity contribution in [2.75, 3.05) is 5.32 Å². The maximum Gasteiger partial charge on any atom is 0.214 e. The summed E-state index contributed by atoms with van der Waals surface area (Å²) >= 11 is 6.02. The zero-order valence-corrected chi connectivity index (χ0v) is 14.7. The third-order valence-electron chi connectivity index (χ3n) is 3.90. The lowest BCUT2D eigenvalue weighted by Crippen LogP contribution is -2.02. The number of benzene rings is 2. The number of nitrogens with one attached hydrogen (secondary N) is 1. The number of anilines is 1. The first-order valence-corrected chi connectivity index (χ1v) is 8.35. The van der Waals surface area contributed by atoms with Crippen LogP contribution in [-0.4, -0.2) is 25.2 Å². The second-order valence-corrected chi connectivity index (χ2v) is 6.17. The molecule has 7 nitrogen and oxygen atoms in total. The Kier molecular flexibility index (Phi) is 4.37. The number of tetrazole rings is 1. The van der Waals surface area contributed by atoms with E-state index in [-0.39, 0.29) is 0 Å². The second-order valence-electron chi connectivity index (χ2n) is 5.74. The van der Waals surface area contributed by atoms with Crippen LogP contribution in [0.5, 0.6) is 0 Å². The standard InChI is InChI=1S/C18H15ClN6O/c1-12-7-15(5-6-16(12)25-11-22-23-24-25)20-10-18-21-9-17(26-18)13-3-2-4-14(19)8-13/h2-9,11,20H,10H2,1H3. The maximum absolute atomic E-state index is 6.02. The highest BCUT2D eigenvalue weighted by atomic mass is 35.5. The zero-order chi connectivity index (χ0) is 17.9. The lowest BCUT2D eigenvalue weighted by molar-refractivity contribution is 0.516. The van der Waals surface area contributed by atoms with E-state index in [4.69, 9.17) is 16.0 Å². The van der Waals surface area contributed by atoms with Crippen molar-refractivity contribution >= 4 is 17.3 Å². The summed E-state index contributed by atoms with van der Waals surface area (Å²) in [6.45, 7) is 2.48. The third-order valence-corrected chi connectivity index (χ3v) is 4.13. The molecule has 0 fully saturated rings. The van der Waals surface area contributed by atoms with E-state index in [9.17, 15) is 0 Å². The molecule has 0 saturated carbocycles. The van der Waals surface area contributed by atoms with E-state index < -0.39 is 0 Å². The summed E-state index contributed by atoms with van der Waals surface area (Å²) in [6, 6.07) is 13.4. The van der Waals surface area contributed by atoms with Crippen LogP contribution in [0.2, 0.25) is 5.02 Å². The molecular formula is C18H15ClN6O. The van der Waals surface area contributed by atoms with Crippen LogP contribution < -0.4 is 5.32 Å². The lowest BCUT2D eigenvalue weighted by atomic mass is 10.2. The van der Waals surface area contributed by atoms with Gasteiger partial charge >= 0.3 is 0 Å². The monoisotopic (exact) mass is 366 g/mol. The van der Waals surface area contributed by atoms with Crippen LogP contribution in [0, 0.1) is 6.92 Å². The van der Waals surface area contributed by atoms with E-state index >= 15 is 0 Å². The van der Waals surface area contributed by atoms with Gasteiger partial charge in [0.2, 0.25) is 5.89 Å². The van der Waals surface area contributed by atoms with Crippen molar-refractivity contribution in [3.63, 3.8) is 0 Å². The van der Waals surface area contributed by atoms with Crippen molar-refractivity contribution in [1.82, 2.24) is 25.2 Å². The molecule has 2 aromatic carbocycles. The average molecular weight is 367 g/mol. The number of hydrogen-bond donors (Lipinski definition) is 1. The van der Waals surface area contributed by atoms with Crippen LogP contribution in [0.25, 0.3) is 17.0 Å². The van der Waals surface area contributed by atoms with Crippen LogP contribution >= 0.6 is 11.6 Å². The van der Waals surface area contributed by atoms with E-state index in [0.29, 0.717) is 23.2 Å². The molecule has 130 valence electrons. The first-order chi connectivity index (χ1) is 12.7. The minimum atomic E-state index is 0.476. The minimum Gasteiger partial charge on any atom is -0.439 e. The van der Waals surface area contributed by atoms with Crippen LogP contribution in [0.3, 0.4) is 0 Å². The molecular weight excluding hydrogens is 352 g/mol. The highest BCUT2D eigenvalue weighted by Gasteiger charge is 2.08. The summed E-state index contributed by atoms with van der Waals surface area (Å²) in [5.74, 6) is 1.29. The largest absolute Gasteiger partial charge is 0.439 e. The highest BCUT2D eigenvalue weighted by Crippen LogP contribution is 2.24. The van der Waals surface area contributed by atoms with Gasteiger partial charge in [-0.2, -0.15) is 0 Å². The zero-order valence-electron chi connectivity index (χ0n) is 13.9. The number of rotatable bonds is 5. The molecule has 0 bridgehead atoms. The number of nitrogens with zero attached hydrogens (tertiary/aromatic N) is 5. The van der Waals surface area contributed by atoms with Crippen molar-refractivity contribution in [3.05, 3.63) is 71.5 Å². The normalized spacial score (nSPS) is 10.8. The fourth-order valence-corrected chi connectivity index (χ4v) is 2.83. The summed E-state index contributed by atoms with van der Waals surface area (Å²) in [6.07, 6.45) is 3.27. The molecule has 0 atom stereocenters. The van der Waals surface area contributed by atoms with Crippen LogP contribution in [0.4, 0.5) is 5.69 Å². The minimum absolute atomic E-state index is 0.476. The lowest BCUT2D eigenvalue weighted by Gasteiger charge is -2.08. The predicted molar refractivity (Wildman–Crippen MR) is 98.2 cm³/mol. The number of aryl methyl sites for hydroxylation is 1.